The molecule has 1 aliphatic rings. The first-order valence-corrected chi connectivity index (χ1v) is 8.83. The van der Waals surface area contributed by atoms with E-state index in [9.17, 15) is 4.79 Å². The van der Waals surface area contributed by atoms with Crippen molar-refractivity contribution in [3.8, 4) is 5.88 Å². The fourth-order valence-corrected chi connectivity index (χ4v) is 2.82. The maximum atomic E-state index is 11.8. The highest BCUT2D eigenvalue weighted by Gasteiger charge is 2.29. The van der Waals surface area contributed by atoms with Crippen LogP contribution in [0.3, 0.4) is 0 Å². The van der Waals surface area contributed by atoms with Gasteiger partial charge in [-0.25, -0.2) is 4.98 Å². The van der Waals surface area contributed by atoms with Gasteiger partial charge < -0.3 is 10.1 Å². The van der Waals surface area contributed by atoms with Crippen molar-refractivity contribution in [1.82, 2.24) is 4.98 Å². The number of carbonyl (C=O) groups excluding carboxylic acids is 1. The number of nitrogens with zero attached hydrogens (tertiary/aromatic N) is 1. The molecule has 0 aliphatic heterocycles. The van der Waals surface area contributed by atoms with Crippen LogP contribution in [0, 0.1) is 5.92 Å². The molecule has 0 spiro atoms. The topological polar surface area (TPSA) is 51.2 Å². The summed E-state index contributed by atoms with van der Waals surface area (Å²) < 4.78 is 6.18. The summed E-state index contributed by atoms with van der Waals surface area (Å²) in [5.41, 5.74) is 2.82. The Kier molecular flexibility index (Phi) is 4.65. The maximum Gasteiger partial charge on any atom is 0.227 e. The summed E-state index contributed by atoms with van der Waals surface area (Å²) >= 11 is 0. The number of anilines is 1. The van der Waals surface area contributed by atoms with Crippen molar-refractivity contribution in [2.75, 3.05) is 5.32 Å². The van der Waals surface area contributed by atoms with Crippen LogP contribution in [0.4, 0.5) is 5.69 Å². The molecular formula is C22H20N2O2. The second-order valence-corrected chi connectivity index (χ2v) is 6.47. The first-order valence-electron chi connectivity index (χ1n) is 8.83. The van der Waals surface area contributed by atoms with Crippen molar-refractivity contribution < 1.29 is 9.53 Å². The minimum absolute atomic E-state index is 0.0758. The van der Waals surface area contributed by atoms with Gasteiger partial charge in [-0.1, -0.05) is 60.7 Å². The van der Waals surface area contributed by atoms with Gasteiger partial charge in [0.25, 0.3) is 0 Å². The van der Waals surface area contributed by atoms with Gasteiger partial charge in [0.15, 0.2) is 6.10 Å². The second-order valence-electron chi connectivity index (χ2n) is 6.47. The molecule has 0 saturated heterocycles. The van der Waals surface area contributed by atoms with Gasteiger partial charge in [-0.05, 0) is 30.0 Å². The van der Waals surface area contributed by atoms with E-state index in [4.69, 9.17) is 4.74 Å². The second kappa shape index (κ2) is 7.40. The van der Waals surface area contributed by atoms with Crippen LogP contribution in [0.2, 0.25) is 0 Å². The van der Waals surface area contributed by atoms with Crippen molar-refractivity contribution >= 4 is 11.6 Å². The van der Waals surface area contributed by atoms with E-state index in [1.807, 2.05) is 66.7 Å². The molecule has 3 aromatic rings. The number of aromatic nitrogens is 1. The lowest BCUT2D eigenvalue weighted by Gasteiger charge is -2.19. The first-order chi connectivity index (χ1) is 12.8. The molecule has 130 valence electrons. The minimum Gasteiger partial charge on any atom is -0.465 e. The van der Waals surface area contributed by atoms with E-state index in [-0.39, 0.29) is 17.9 Å². The Bertz CT molecular complexity index is 820. The Morgan fingerprint density at radius 2 is 1.54 bits per heavy atom. The van der Waals surface area contributed by atoms with Gasteiger partial charge in [0.2, 0.25) is 11.8 Å². The predicted molar refractivity (Wildman–Crippen MR) is 101 cm³/mol. The number of benzene rings is 2. The third-order valence-electron chi connectivity index (χ3n) is 4.40. The van der Waals surface area contributed by atoms with E-state index in [0.29, 0.717) is 11.6 Å². The third kappa shape index (κ3) is 3.91. The number of ether oxygens (including phenoxy) is 1. The van der Waals surface area contributed by atoms with Crippen LogP contribution in [-0.4, -0.2) is 10.9 Å². The Morgan fingerprint density at radius 3 is 2.04 bits per heavy atom. The van der Waals surface area contributed by atoms with Crippen LogP contribution in [0.15, 0.2) is 79.0 Å². The quantitative estimate of drug-likeness (QED) is 0.711. The molecule has 4 heteroatoms. The Labute approximate surface area is 152 Å². The van der Waals surface area contributed by atoms with E-state index < -0.39 is 0 Å². The average molecular weight is 344 g/mol. The zero-order chi connectivity index (χ0) is 17.8. The van der Waals surface area contributed by atoms with E-state index in [1.54, 1.807) is 12.3 Å². The lowest BCUT2D eigenvalue weighted by atomic mass is 10.0. The number of nitrogens with one attached hydrogen (secondary N) is 1. The molecule has 0 bridgehead atoms. The number of pyridine rings is 1. The van der Waals surface area contributed by atoms with Crippen LogP contribution in [0.1, 0.15) is 30.1 Å². The van der Waals surface area contributed by atoms with Crippen LogP contribution in [-0.2, 0) is 4.79 Å². The summed E-state index contributed by atoms with van der Waals surface area (Å²) in [6, 6.07) is 23.8. The Morgan fingerprint density at radius 1 is 0.923 bits per heavy atom. The molecule has 1 heterocycles. The number of hydrogen-bond acceptors (Lipinski definition) is 3. The van der Waals surface area contributed by atoms with E-state index in [2.05, 4.69) is 10.3 Å². The molecule has 1 aromatic heterocycles. The fraction of sp³-hybridized carbons (Fsp3) is 0.182. The molecule has 1 N–H and O–H groups in total. The summed E-state index contributed by atoms with van der Waals surface area (Å²) in [6.45, 7) is 0. The number of hydrogen-bond donors (Lipinski definition) is 1. The molecule has 0 unspecified atom stereocenters. The summed E-state index contributed by atoms with van der Waals surface area (Å²) in [6.07, 6.45) is 3.37. The van der Waals surface area contributed by atoms with Gasteiger partial charge in [-0.15, -0.1) is 0 Å². The van der Waals surface area contributed by atoms with Crippen LogP contribution in [0.5, 0.6) is 5.88 Å². The average Bonchev–Trinajstić information content (AvgIpc) is 3.54. The number of carbonyl (C=O) groups is 1. The molecule has 0 atom stereocenters. The predicted octanol–water partition coefficient (Wildman–Crippen LogP) is 4.60. The zero-order valence-corrected chi connectivity index (χ0v) is 14.3. The Hall–Kier alpha value is -3.14. The molecule has 1 amide bonds. The van der Waals surface area contributed by atoms with Crippen molar-refractivity contribution in [3.05, 3.63) is 90.1 Å². The van der Waals surface area contributed by atoms with Gasteiger partial charge in [0.05, 0.1) is 11.9 Å². The summed E-state index contributed by atoms with van der Waals surface area (Å²) in [4.78, 5) is 16.2. The standard InChI is InChI=1S/C22H20N2O2/c25-22(18-11-12-18)24-19-13-14-20(23-15-19)26-21(16-7-3-1-4-8-16)17-9-5-2-6-10-17/h1-10,13-15,18,21H,11-12H2,(H,24,25). The van der Waals surface area contributed by atoms with Crippen LogP contribution < -0.4 is 10.1 Å². The monoisotopic (exact) mass is 344 g/mol. The molecule has 1 saturated carbocycles. The highest BCUT2D eigenvalue weighted by Crippen LogP contribution is 2.31. The molecule has 1 fully saturated rings. The third-order valence-corrected chi connectivity index (χ3v) is 4.40. The molecule has 1 aliphatic carbocycles. The van der Waals surface area contributed by atoms with Gasteiger partial charge in [-0.2, -0.15) is 0 Å². The van der Waals surface area contributed by atoms with E-state index in [0.717, 1.165) is 24.0 Å². The zero-order valence-electron chi connectivity index (χ0n) is 14.3. The van der Waals surface area contributed by atoms with Gasteiger partial charge in [0.1, 0.15) is 0 Å². The molecule has 26 heavy (non-hydrogen) atoms. The molecule has 0 radical (unpaired) electrons. The summed E-state index contributed by atoms with van der Waals surface area (Å²) in [5, 5.41) is 2.89. The SMILES string of the molecule is O=C(Nc1ccc(OC(c2ccccc2)c2ccccc2)nc1)C1CC1. The smallest absolute Gasteiger partial charge is 0.227 e. The molecule has 4 rings (SSSR count). The number of amides is 1. The first kappa shape index (κ1) is 16.3. The van der Waals surface area contributed by atoms with Gasteiger partial charge >= 0.3 is 0 Å². The number of rotatable bonds is 6. The maximum absolute atomic E-state index is 11.8. The van der Waals surface area contributed by atoms with Gasteiger partial charge in [-0.3, -0.25) is 4.79 Å². The van der Waals surface area contributed by atoms with Crippen LogP contribution in [0.25, 0.3) is 0 Å². The molecule has 2 aromatic carbocycles. The fourth-order valence-electron chi connectivity index (χ4n) is 2.82. The lowest BCUT2D eigenvalue weighted by Crippen LogP contribution is -2.14. The highest BCUT2D eigenvalue weighted by molar-refractivity contribution is 5.93. The van der Waals surface area contributed by atoms with Gasteiger partial charge in [0, 0.05) is 12.0 Å². The normalized spacial score (nSPS) is 13.4. The summed E-state index contributed by atoms with van der Waals surface area (Å²) in [7, 11) is 0. The van der Waals surface area contributed by atoms with E-state index >= 15 is 0 Å². The molecule has 4 nitrogen and oxygen atoms in total. The largest absolute Gasteiger partial charge is 0.465 e. The van der Waals surface area contributed by atoms with Crippen molar-refractivity contribution in [3.63, 3.8) is 0 Å². The lowest BCUT2D eigenvalue weighted by molar-refractivity contribution is -0.117. The molecular weight excluding hydrogens is 324 g/mol. The van der Waals surface area contributed by atoms with E-state index in [1.165, 1.54) is 0 Å². The van der Waals surface area contributed by atoms with Crippen molar-refractivity contribution in [1.29, 1.82) is 0 Å². The summed E-state index contributed by atoms with van der Waals surface area (Å²) in [5.74, 6) is 0.769. The highest BCUT2D eigenvalue weighted by atomic mass is 16.5. The van der Waals surface area contributed by atoms with Crippen molar-refractivity contribution in [2.45, 2.75) is 18.9 Å². The van der Waals surface area contributed by atoms with Crippen molar-refractivity contribution in [2.24, 2.45) is 5.92 Å². The Balaban J connectivity index is 1.53. The minimum atomic E-state index is -0.239. The van der Waals surface area contributed by atoms with Crippen LogP contribution >= 0.6 is 0 Å².